The van der Waals surface area contributed by atoms with E-state index < -0.39 is 0 Å². The highest BCUT2D eigenvalue weighted by Crippen LogP contribution is 2.09. The summed E-state index contributed by atoms with van der Waals surface area (Å²) in [6, 6.07) is 10.7. The lowest BCUT2D eigenvalue weighted by atomic mass is 10.0. The molecular weight excluding hydrogens is 150 g/mol. The Balaban J connectivity index is 2.28. The molecule has 58 valence electrons. The van der Waals surface area contributed by atoms with Crippen LogP contribution in [0.25, 0.3) is 0 Å². The lowest BCUT2D eigenvalue weighted by Gasteiger charge is -1.97. The van der Waals surface area contributed by atoms with Crippen LogP contribution in [0.3, 0.4) is 0 Å². The predicted molar refractivity (Wildman–Crippen MR) is 56.6 cm³/mol. The van der Waals surface area contributed by atoms with Crippen molar-refractivity contribution in [3.63, 3.8) is 0 Å². The van der Waals surface area contributed by atoms with Gasteiger partial charge in [-0.15, -0.1) is 8.46 Å². The Morgan fingerprint density at radius 3 is 2.64 bits per heavy atom. The van der Waals surface area contributed by atoms with E-state index in [9.17, 15) is 0 Å². The fourth-order valence-corrected chi connectivity index (χ4v) is 2.21. The van der Waals surface area contributed by atoms with Crippen LogP contribution in [0, 0.1) is 0 Å². The Hall–Kier alpha value is -0.285. The van der Waals surface area contributed by atoms with E-state index in [1.165, 1.54) is 25.0 Å². The van der Waals surface area contributed by atoms with Crippen molar-refractivity contribution in [2.75, 3.05) is 0 Å². The Morgan fingerprint density at radius 2 is 2.00 bits per heavy atom. The number of benzene rings is 1. The van der Waals surface area contributed by atoms with Crippen LogP contribution in [0.4, 0.5) is 0 Å². The Kier molecular flexibility index (Phi) is 4.31. The molecule has 0 saturated carbocycles. The van der Waals surface area contributed by atoms with Crippen molar-refractivity contribution in [1.29, 1.82) is 0 Å². The molecule has 0 saturated heterocycles. The summed E-state index contributed by atoms with van der Waals surface area (Å²) in [5.74, 6) is 0. The van der Waals surface area contributed by atoms with Crippen molar-refractivity contribution in [2.45, 2.75) is 19.7 Å². The average molecular weight is 164 g/mol. The molecule has 1 atom stereocenters. The molecule has 0 aliphatic rings. The van der Waals surface area contributed by atoms with Crippen LogP contribution in [0.15, 0.2) is 30.3 Å². The fourth-order valence-electron chi connectivity index (χ4n) is 0.966. The molecule has 0 amide bonds. The van der Waals surface area contributed by atoms with Crippen LogP contribution in [-0.2, 0) is 0 Å². The monoisotopic (exact) mass is 164 g/mol. The lowest BCUT2D eigenvalue weighted by Crippen LogP contribution is -1.94. The summed E-state index contributed by atoms with van der Waals surface area (Å²) in [5, 5.41) is 1.50. The van der Waals surface area contributed by atoms with E-state index in [0.717, 1.165) is 8.46 Å². The number of hydrogen-bond donors (Lipinski definition) is 0. The molecule has 0 nitrogen and oxygen atoms in total. The van der Waals surface area contributed by atoms with Crippen molar-refractivity contribution in [3.05, 3.63) is 30.3 Å². The molecule has 0 fully saturated rings. The van der Waals surface area contributed by atoms with Crippen LogP contribution in [-0.4, -0.2) is 7.00 Å². The lowest BCUT2D eigenvalue weighted by molar-refractivity contribution is 1.08. The molecule has 1 aromatic rings. The average Bonchev–Trinajstić information content (AvgIpc) is 2.07. The molecule has 0 spiro atoms. The van der Waals surface area contributed by atoms with Crippen LogP contribution in [0.5, 0.6) is 0 Å². The predicted octanol–water partition coefficient (Wildman–Crippen LogP) is 2.17. The van der Waals surface area contributed by atoms with Gasteiger partial charge in [0.25, 0.3) is 0 Å². The quantitative estimate of drug-likeness (QED) is 0.363. The maximum Gasteiger partial charge on any atom is 0.154 e. The SMILES string of the molecule is CCCBPc1ccccc1. The summed E-state index contributed by atoms with van der Waals surface area (Å²) in [5.41, 5.74) is 0. The van der Waals surface area contributed by atoms with Crippen LogP contribution in [0.1, 0.15) is 13.3 Å². The molecule has 1 aromatic carbocycles. The summed E-state index contributed by atoms with van der Waals surface area (Å²) in [6.45, 7) is 3.61. The summed E-state index contributed by atoms with van der Waals surface area (Å²) in [7, 11) is 1.01. The minimum absolute atomic E-state index is 1.01. The third-order valence-corrected chi connectivity index (χ3v) is 2.98. The first kappa shape index (κ1) is 8.81. The topological polar surface area (TPSA) is 0 Å². The smallest absolute Gasteiger partial charge is 0.129 e. The van der Waals surface area contributed by atoms with E-state index in [1.54, 1.807) is 0 Å². The van der Waals surface area contributed by atoms with E-state index in [0.29, 0.717) is 0 Å². The number of rotatable bonds is 4. The zero-order chi connectivity index (χ0) is 7.94. The van der Waals surface area contributed by atoms with Crippen molar-refractivity contribution >= 4 is 20.8 Å². The molecule has 0 aromatic heterocycles. The first-order valence-electron chi connectivity index (χ1n) is 4.22. The van der Waals surface area contributed by atoms with E-state index in [4.69, 9.17) is 0 Å². The van der Waals surface area contributed by atoms with Crippen molar-refractivity contribution in [3.8, 4) is 0 Å². The first-order chi connectivity index (χ1) is 5.43. The molecule has 1 rings (SSSR count). The summed E-state index contributed by atoms with van der Waals surface area (Å²) < 4.78 is 0. The van der Waals surface area contributed by atoms with Gasteiger partial charge in [0, 0.05) is 0 Å². The van der Waals surface area contributed by atoms with Crippen LogP contribution < -0.4 is 5.30 Å². The van der Waals surface area contributed by atoms with Gasteiger partial charge >= 0.3 is 0 Å². The molecule has 0 bridgehead atoms. The van der Waals surface area contributed by atoms with Crippen molar-refractivity contribution in [1.82, 2.24) is 0 Å². The van der Waals surface area contributed by atoms with Gasteiger partial charge in [-0.1, -0.05) is 50.0 Å². The van der Waals surface area contributed by atoms with Gasteiger partial charge in [0.2, 0.25) is 0 Å². The summed E-state index contributed by atoms with van der Waals surface area (Å²) in [6.07, 6.45) is 2.69. The second kappa shape index (κ2) is 5.38. The molecule has 0 heterocycles. The Labute approximate surface area is 71.4 Å². The van der Waals surface area contributed by atoms with Gasteiger partial charge in [-0.05, 0) is 5.30 Å². The highest BCUT2D eigenvalue weighted by atomic mass is 31.1. The van der Waals surface area contributed by atoms with E-state index in [1.807, 2.05) is 0 Å². The maximum atomic E-state index is 2.25. The second-order valence-electron chi connectivity index (χ2n) is 2.65. The summed E-state index contributed by atoms with van der Waals surface area (Å²) >= 11 is 0. The number of hydrogen-bond acceptors (Lipinski definition) is 0. The Bertz CT molecular complexity index is 186. The van der Waals surface area contributed by atoms with Gasteiger partial charge in [0.05, 0.1) is 0 Å². The van der Waals surface area contributed by atoms with Gasteiger partial charge in [0.1, 0.15) is 0 Å². The minimum atomic E-state index is 1.01. The zero-order valence-electron chi connectivity index (χ0n) is 7.01. The second-order valence-corrected chi connectivity index (χ2v) is 4.08. The molecule has 2 heteroatoms. The first-order valence-corrected chi connectivity index (χ1v) is 5.43. The fraction of sp³-hybridized carbons (Fsp3) is 0.333. The highest BCUT2D eigenvalue weighted by Gasteiger charge is 1.91. The molecule has 0 aliphatic heterocycles. The van der Waals surface area contributed by atoms with Gasteiger partial charge in [-0.25, -0.2) is 0 Å². The molecule has 11 heavy (non-hydrogen) atoms. The van der Waals surface area contributed by atoms with Crippen molar-refractivity contribution < 1.29 is 0 Å². The largest absolute Gasteiger partial charge is 0.154 e. The van der Waals surface area contributed by atoms with E-state index in [-0.39, 0.29) is 0 Å². The highest BCUT2D eigenvalue weighted by molar-refractivity contribution is 7.77. The molecule has 1 unspecified atom stereocenters. The van der Waals surface area contributed by atoms with Gasteiger partial charge in [0.15, 0.2) is 7.00 Å². The summed E-state index contributed by atoms with van der Waals surface area (Å²) in [4.78, 5) is 0. The molecule has 0 radical (unpaired) electrons. The molecular formula is C9H14BP. The normalized spacial score (nSPS) is 10.6. The zero-order valence-corrected chi connectivity index (χ0v) is 8.01. The maximum absolute atomic E-state index is 2.25. The van der Waals surface area contributed by atoms with E-state index >= 15 is 0 Å². The van der Waals surface area contributed by atoms with Gasteiger partial charge in [-0.2, -0.15) is 0 Å². The third kappa shape index (κ3) is 3.58. The third-order valence-electron chi connectivity index (χ3n) is 1.63. The van der Waals surface area contributed by atoms with Gasteiger partial charge in [-0.3, -0.25) is 0 Å². The standard InChI is InChI=1S/C9H14BP/c1-2-8-10-11-9-6-4-3-5-7-9/h3-7,10-11H,2,8H2,1H3. The van der Waals surface area contributed by atoms with Crippen molar-refractivity contribution in [2.24, 2.45) is 0 Å². The molecule has 0 N–H and O–H groups in total. The van der Waals surface area contributed by atoms with E-state index in [2.05, 4.69) is 37.3 Å². The van der Waals surface area contributed by atoms with Crippen LogP contribution in [0.2, 0.25) is 6.32 Å². The van der Waals surface area contributed by atoms with Crippen LogP contribution >= 0.6 is 8.46 Å². The Morgan fingerprint density at radius 1 is 1.27 bits per heavy atom. The minimum Gasteiger partial charge on any atom is -0.129 e. The van der Waals surface area contributed by atoms with Gasteiger partial charge < -0.3 is 0 Å². The molecule has 0 aliphatic carbocycles.